The molecule has 1 aliphatic rings. The Kier molecular flexibility index (Phi) is 5.42. The summed E-state index contributed by atoms with van der Waals surface area (Å²) in [6, 6.07) is 11.8. The van der Waals surface area contributed by atoms with Crippen molar-refractivity contribution in [3.05, 3.63) is 63.9 Å². The monoisotopic (exact) mass is 353 g/mol. The number of benzene rings is 2. The van der Waals surface area contributed by atoms with E-state index in [1.165, 1.54) is 12.1 Å². The molecule has 0 bridgehead atoms. The van der Waals surface area contributed by atoms with Gasteiger partial charge in [0, 0.05) is 18.5 Å². The van der Waals surface area contributed by atoms with Gasteiger partial charge in [0.15, 0.2) is 0 Å². The van der Waals surface area contributed by atoms with Crippen LogP contribution in [0.4, 0.5) is 4.39 Å². The van der Waals surface area contributed by atoms with Gasteiger partial charge in [0.1, 0.15) is 17.7 Å². The maximum absolute atomic E-state index is 13.2. The van der Waals surface area contributed by atoms with E-state index < -0.39 is 0 Å². The zero-order chi connectivity index (χ0) is 16.2. The van der Waals surface area contributed by atoms with Crippen molar-refractivity contribution in [2.45, 2.75) is 18.9 Å². The largest absolute Gasteiger partial charge is 0.485 e. The normalized spacial score (nSPS) is 19.3. The SMILES string of the molecule is Fc1ccc(C(Oc2ccc(Cl)c(Cl)c2)C2CCCNC2)cc1. The van der Waals surface area contributed by atoms with Crippen LogP contribution in [0.3, 0.4) is 0 Å². The van der Waals surface area contributed by atoms with Crippen molar-refractivity contribution in [2.75, 3.05) is 13.1 Å². The van der Waals surface area contributed by atoms with Crippen molar-refractivity contribution in [1.29, 1.82) is 0 Å². The average molecular weight is 354 g/mol. The fraction of sp³-hybridized carbons (Fsp3) is 0.333. The third-order valence-corrected chi connectivity index (χ3v) is 4.85. The van der Waals surface area contributed by atoms with Crippen LogP contribution in [0.25, 0.3) is 0 Å². The molecule has 1 heterocycles. The molecule has 1 fully saturated rings. The smallest absolute Gasteiger partial charge is 0.128 e. The number of halogens is 3. The summed E-state index contributed by atoms with van der Waals surface area (Å²) in [7, 11) is 0. The molecule has 3 rings (SSSR count). The molecule has 5 heteroatoms. The standard InChI is InChI=1S/C18H18Cl2FNO/c19-16-8-7-15(10-17(16)20)23-18(13-2-1-9-22-11-13)12-3-5-14(21)6-4-12/h3-8,10,13,18,22H,1-2,9,11H2. The quantitative estimate of drug-likeness (QED) is 0.810. The van der Waals surface area contributed by atoms with E-state index >= 15 is 0 Å². The predicted molar refractivity (Wildman–Crippen MR) is 91.8 cm³/mol. The summed E-state index contributed by atoms with van der Waals surface area (Å²) < 4.78 is 19.4. The molecule has 2 aromatic rings. The molecule has 2 unspecified atom stereocenters. The van der Waals surface area contributed by atoms with Crippen LogP contribution in [0.2, 0.25) is 10.0 Å². The molecule has 0 aliphatic carbocycles. The fourth-order valence-corrected chi connectivity index (χ4v) is 3.21. The molecule has 2 atom stereocenters. The van der Waals surface area contributed by atoms with E-state index in [-0.39, 0.29) is 11.9 Å². The zero-order valence-corrected chi connectivity index (χ0v) is 14.1. The third-order valence-electron chi connectivity index (χ3n) is 4.12. The van der Waals surface area contributed by atoms with Gasteiger partial charge in [-0.2, -0.15) is 0 Å². The van der Waals surface area contributed by atoms with E-state index in [4.69, 9.17) is 27.9 Å². The molecule has 0 aromatic heterocycles. The summed E-state index contributed by atoms with van der Waals surface area (Å²) in [6.07, 6.45) is 2.02. The molecule has 23 heavy (non-hydrogen) atoms. The molecule has 1 saturated heterocycles. The molecule has 2 nitrogen and oxygen atoms in total. The Balaban J connectivity index is 1.87. The summed E-state index contributed by atoms with van der Waals surface area (Å²) in [4.78, 5) is 0. The van der Waals surface area contributed by atoms with Gasteiger partial charge in [-0.3, -0.25) is 0 Å². The van der Waals surface area contributed by atoms with Gasteiger partial charge in [0.05, 0.1) is 10.0 Å². The van der Waals surface area contributed by atoms with Gasteiger partial charge in [-0.15, -0.1) is 0 Å². The Morgan fingerprint density at radius 1 is 1.09 bits per heavy atom. The molecule has 0 radical (unpaired) electrons. The van der Waals surface area contributed by atoms with Crippen molar-refractivity contribution in [3.8, 4) is 5.75 Å². The highest BCUT2D eigenvalue weighted by Crippen LogP contribution is 2.34. The summed E-state index contributed by atoms with van der Waals surface area (Å²) in [5.74, 6) is 0.742. The molecule has 0 spiro atoms. The van der Waals surface area contributed by atoms with Gasteiger partial charge >= 0.3 is 0 Å². The number of ether oxygens (including phenoxy) is 1. The van der Waals surface area contributed by atoms with E-state index in [9.17, 15) is 4.39 Å². The van der Waals surface area contributed by atoms with Gasteiger partial charge in [0.2, 0.25) is 0 Å². The number of rotatable bonds is 4. The molecule has 0 saturated carbocycles. The molecule has 122 valence electrons. The maximum atomic E-state index is 13.2. The lowest BCUT2D eigenvalue weighted by atomic mass is 9.89. The first-order valence-electron chi connectivity index (χ1n) is 7.71. The predicted octanol–water partition coefficient (Wildman–Crippen LogP) is 5.25. The van der Waals surface area contributed by atoms with E-state index in [0.29, 0.717) is 21.7 Å². The summed E-state index contributed by atoms with van der Waals surface area (Å²) in [6.45, 7) is 1.91. The minimum Gasteiger partial charge on any atom is -0.485 e. The first-order valence-corrected chi connectivity index (χ1v) is 8.47. The van der Waals surface area contributed by atoms with Crippen LogP contribution in [-0.2, 0) is 0 Å². The van der Waals surface area contributed by atoms with Crippen molar-refractivity contribution >= 4 is 23.2 Å². The summed E-state index contributed by atoms with van der Waals surface area (Å²) in [5, 5.41) is 4.36. The minimum atomic E-state index is -0.246. The molecule has 2 aromatic carbocycles. The molecular weight excluding hydrogens is 336 g/mol. The summed E-state index contributed by atoms with van der Waals surface area (Å²) >= 11 is 12.0. The number of piperidine rings is 1. The van der Waals surface area contributed by atoms with Gasteiger partial charge in [-0.1, -0.05) is 35.3 Å². The Morgan fingerprint density at radius 3 is 2.52 bits per heavy atom. The Bertz CT molecular complexity index is 657. The van der Waals surface area contributed by atoms with Crippen LogP contribution in [-0.4, -0.2) is 13.1 Å². The maximum Gasteiger partial charge on any atom is 0.128 e. The number of hydrogen-bond acceptors (Lipinski definition) is 2. The van der Waals surface area contributed by atoms with E-state index in [2.05, 4.69) is 5.32 Å². The van der Waals surface area contributed by atoms with Crippen molar-refractivity contribution in [3.63, 3.8) is 0 Å². The van der Waals surface area contributed by atoms with Crippen LogP contribution in [0.1, 0.15) is 24.5 Å². The van der Waals surface area contributed by atoms with Crippen LogP contribution < -0.4 is 10.1 Å². The number of hydrogen-bond donors (Lipinski definition) is 1. The zero-order valence-electron chi connectivity index (χ0n) is 12.6. The van der Waals surface area contributed by atoms with Crippen LogP contribution in [0.15, 0.2) is 42.5 Å². The molecule has 1 aliphatic heterocycles. The van der Waals surface area contributed by atoms with Crippen LogP contribution in [0.5, 0.6) is 5.75 Å². The molecule has 1 N–H and O–H groups in total. The second kappa shape index (κ2) is 7.52. The highest BCUT2D eigenvalue weighted by Gasteiger charge is 2.27. The van der Waals surface area contributed by atoms with Crippen molar-refractivity contribution in [1.82, 2.24) is 5.32 Å². The fourth-order valence-electron chi connectivity index (χ4n) is 2.92. The van der Waals surface area contributed by atoms with Gasteiger partial charge in [-0.05, 0) is 49.2 Å². The lowest BCUT2D eigenvalue weighted by molar-refractivity contribution is 0.116. The van der Waals surface area contributed by atoms with Crippen LogP contribution >= 0.6 is 23.2 Å². The summed E-state index contributed by atoms with van der Waals surface area (Å²) in [5.41, 5.74) is 0.964. The van der Waals surface area contributed by atoms with E-state index in [1.807, 2.05) is 0 Å². The second-order valence-electron chi connectivity index (χ2n) is 5.77. The Hall–Kier alpha value is -1.29. The van der Waals surface area contributed by atoms with E-state index in [0.717, 1.165) is 31.5 Å². The minimum absolute atomic E-state index is 0.152. The third kappa shape index (κ3) is 4.17. The molecule has 0 amide bonds. The van der Waals surface area contributed by atoms with Gasteiger partial charge in [0.25, 0.3) is 0 Å². The van der Waals surface area contributed by atoms with Crippen molar-refractivity contribution < 1.29 is 9.13 Å². The second-order valence-corrected chi connectivity index (χ2v) is 6.59. The Morgan fingerprint density at radius 2 is 1.87 bits per heavy atom. The molecular formula is C18H18Cl2FNO. The first kappa shape index (κ1) is 16.6. The van der Waals surface area contributed by atoms with Crippen molar-refractivity contribution in [2.24, 2.45) is 5.92 Å². The average Bonchev–Trinajstić information content (AvgIpc) is 2.58. The Labute approximate surface area is 145 Å². The lowest BCUT2D eigenvalue weighted by Crippen LogP contribution is -2.35. The van der Waals surface area contributed by atoms with Gasteiger partial charge in [-0.25, -0.2) is 4.39 Å². The van der Waals surface area contributed by atoms with Gasteiger partial charge < -0.3 is 10.1 Å². The topological polar surface area (TPSA) is 21.3 Å². The lowest BCUT2D eigenvalue weighted by Gasteiger charge is -2.31. The highest BCUT2D eigenvalue weighted by molar-refractivity contribution is 6.42. The first-order chi connectivity index (χ1) is 11.1. The van der Waals surface area contributed by atoms with Crippen LogP contribution in [0, 0.1) is 11.7 Å². The number of nitrogens with one attached hydrogen (secondary N) is 1. The highest BCUT2D eigenvalue weighted by atomic mass is 35.5. The van der Waals surface area contributed by atoms with E-state index in [1.54, 1.807) is 30.3 Å².